The summed E-state index contributed by atoms with van der Waals surface area (Å²) in [5, 5.41) is 16.8. The molecule has 0 saturated carbocycles. The van der Waals surface area contributed by atoms with Crippen LogP contribution in [0.1, 0.15) is 45.1 Å². The van der Waals surface area contributed by atoms with Gasteiger partial charge in [-0.2, -0.15) is 0 Å². The molecule has 4 aromatic rings. The Morgan fingerprint density at radius 1 is 1.15 bits per heavy atom. The van der Waals surface area contributed by atoms with Gasteiger partial charge in [-0.3, -0.25) is 9.59 Å². The third kappa shape index (κ3) is 4.42. The number of carbonyl (C=O) groups excluding carboxylic acids is 1. The number of aryl methyl sites for hydroxylation is 3. The Kier molecular flexibility index (Phi) is 6.11. The summed E-state index contributed by atoms with van der Waals surface area (Å²) in [5.74, 6) is -0.387. The molecule has 0 radical (unpaired) electrons. The smallest absolute Gasteiger partial charge is 0.275 e. The average Bonchev–Trinajstić information content (AvgIpc) is 3.13. The van der Waals surface area contributed by atoms with Crippen molar-refractivity contribution in [2.24, 2.45) is 0 Å². The van der Waals surface area contributed by atoms with E-state index in [1.54, 1.807) is 19.1 Å². The predicted octanol–water partition coefficient (Wildman–Crippen LogP) is 3.61. The zero-order chi connectivity index (χ0) is 23.7. The zero-order valence-electron chi connectivity index (χ0n) is 18.6. The van der Waals surface area contributed by atoms with Crippen molar-refractivity contribution in [2.45, 2.75) is 33.2 Å². The molecule has 0 aliphatic heterocycles. The van der Waals surface area contributed by atoms with Crippen molar-refractivity contribution in [1.82, 2.24) is 19.9 Å². The molecular weight excluding hydrogens is 423 g/mol. The number of fused-ring (bicyclic) bond motifs is 1. The number of nitrogens with zero attached hydrogens (tertiary/aromatic N) is 2. The Bertz CT molecular complexity index is 1390. The van der Waals surface area contributed by atoms with E-state index in [0.29, 0.717) is 22.5 Å². The number of aliphatic hydroxyl groups excluding tert-OH is 1. The molecule has 33 heavy (non-hydrogen) atoms. The molecule has 0 aliphatic carbocycles. The highest BCUT2D eigenvalue weighted by Gasteiger charge is 2.21. The second-order valence-electron chi connectivity index (χ2n) is 8.15. The minimum Gasteiger partial charge on any atom is -0.396 e. The molecule has 0 saturated heterocycles. The van der Waals surface area contributed by atoms with E-state index >= 15 is 0 Å². The van der Waals surface area contributed by atoms with Gasteiger partial charge in [-0.1, -0.05) is 24.3 Å². The first-order valence-electron chi connectivity index (χ1n) is 10.7. The molecule has 0 aliphatic rings. The van der Waals surface area contributed by atoms with Crippen LogP contribution in [0, 0.1) is 26.6 Å². The van der Waals surface area contributed by atoms with Crippen molar-refractivity contribution >= 4 is 11.4 Å². The molecule has 7 nitrogen and oxygen atoms in total. The van der Waals surface area contributed by atoms with E-state index in [2.05, 4.69) is 15.4 Å². The van der Waals surface area contributed by atoms with Crippen LogP contribution < -0.4 is 10.9 Å². The zero-order valence-corrected chi connectivity index (χ0v) is 18.6. The Hall–Kier alpha value is -3.78. The number of aromatic amines is 1. The number of amides is 1. The summed E-state index contributed by atoms with van der Waals surface area (Å²) >= 11 is 0. The highest BCUT2D eigenvalue weighted by Crippen LogP contribution is 2.22. The summed E-state index contributed by atoms with van der Waals surface area (Å²) < 4.78 is 14.7. The van der Waals surface area contributed by atoms with Gasteiger partial charge in [0.1, 0.15) is 11.3 Å². The molecule has 8 heteroatoms. The average molecular weight is 448 g/mol. The lowest BCUT2D eigenvalue weighted by Crippen LogP contribution is -2.29. The number of aromatic nitrogens is 3. The van der Waals surface area contributed by atoms with Gasteiger partial charge >= 0.3 is 0 Å². The molecule has 2 heterocycles. The molecule has 170 valence electrons. The van der Waals surface area contributed by atoms with Crippen LogP contribution >= 0.6 is 0 Å². The predicted molar refractivity (Wildman–Crippen MR) is 124 cm³/mol. The van der Waals surface area contributed by atoms with E-state index in [4.69, 9.17) is 0 Å². The van der Waals surface area contributed by atoms with Crippen molar-refractivity contribution in [1.29, 1.82) is 0 Å². The lowest BCUT2D eigenvalue weighted by molar-refractivity contribution is 0.0929. The number of carbonyl (C=O) groups is 1. The fourth-order valence-corrected chi connectivity index (χ4v) is 3.87. The van der Waals surface area contributed by atoms with Crippen molar-refractivity contribution < 1.29 is 14.3 Å². The van der Waals surface area contributed by atoms with Gasteiger partial charge < -0.3 is 15.4 Å². The van der Waals surface area contributed by atoms with Crippen LogP contribution in [0.3, 0.4) is 0 Å². The van der Waals surface area contributed by atoms with E-state index in [9.17, 15) is 19.1 Å². The lowest BCUT2D eigenvalue weighted by Gasteiger charge is -2.18. The molecule has 1 atom stereocenters. The minimum atomic E-state index is -0.511. The maximum atomic E-state index is 13.3. The van der Waals surface area contributed by atoms with Gasteiger partial charge in [0.2, 0.25) is 0 Å². The molecule has 0 bridgehead atoms. The number of H-pyrrole nitrogens is 1. The molecular formula is C25H25FN4O3. The molecule has 0 unspecified atom stereocenters. The van der Waals surface area contributed by atoms with E-state index in [-0.39, 0.29) is 29.9 Å². The first kappa shape index (κ1) is 22.4. The van der Waals surface area contributed by atoms with Crippen molar-refractivity contribution in [3.63, 3.8) is 0 Å². The normalized spacial score (nSPS) is 12.2. The molecule has 4 rings (SSSR count). The Morgan fingerprint density at radius 3 is 2.55 bits per heavy atom. The number of aliphatic hydroxyl groups is 1. The largest absolute Gasteiger partial charge is 0.396 e. The second kappa shape index (κ2) is 8.99. The topological polar surface area (TPSA) is 99.5 Å². The third-order valence-electron chi connectivity index (χ3n) is 5.91. The van der Waals surface area contributed by atoms with Gasteiger partial charge in [-0.05, 0) is 67.6 Å². The van der Waals surface area contributed by atoms with Crippen LogP contribution in [-0.4, -0.2) is 32.2 Å². The first-order chi connectivity index (χ1) is 15.8. The summed E-state index contributed by atoms with van der Waals surface area (Å²) in [6.45, 7) is 5.53. The van der Waals surface area contributed by atoms with Crippen molar-refractivity contribution in [2.75, 3.05) is 6.61 Å². The van der Waals surface area contributed by atoms with E-state index in [1.165, 1.54) is 22.8 Å². The number of halogens is 1. The van der Waals surface area contributed by atoms with Crippen LogP contribution in [0.15, 0.2) is 53.5 Å². The van der Waals surface area contributed by atoms with Crippen LogP contribution in [0.5, 0.6) is 0 Å². The van der Waals surface area contributed by atoms with Gasteiger partial charge in [0.15, 0.2) is 5.82 Å². The SMILES string of the molecule is Cc1ccc(-c2nn3cc(C(=O)N[C@H](CCO)c4ccc(F)cc4)c(C)c3c(=O)[nH]2)cc1C. The summed E-state index contributed by atoms with van der Waals surface area (Å²) in [7, 11) is 0. The molecule has 1 amide bonds. The number of hydrogen-bond donors (Lipinski definition) is 3. The minimum absolute atomic E-state index is 0.153. The van der Waals surface area contributed by atoms with Gasteiger partial charge in [-0.25, -0.2) is 8.91 Å². The Labute approximate surface area is 189 Å². The fourth-order valence-electron chi connectivity index (χ4n) is 3.87. The van der Waals surface area contributed by atoms with E-state index < -0.39 is 11.9 Å². The fraction of sp³-hybridized carbons (Fsp3) is 0.240. The Morgan fingerprint density at radius 2 is 1.88 bits per heavy atom. The summed E-state index contributed by atoms with van der Waals surface area (Å²) in [5.41, 5.74) is 4.40. The third-order valence-corrected chi connectivity index (χ3v) is 5.91. The van der Waals surface area contributed by atoms with Crippen LogP contribution in [0.4, 0.5) is 4.39 Å². The highest BCUT2D eigenvalue weighted by atomic mass is 19.1. The van der Waals surface area contributed by atoms with E-state index in [0.717, 1.165) is 16.7 Å². The molecule has 3 N–H and O–H groups in total. The number of rotatable bonds is 6. The van der Waals surface area contributed by atoms with Crippen LogP contribution in [-0.2, 0) is 0 Å². The highest BCUT2D eigenvalue weighted by molar-refractivity contribution is 5.97. The number of nitrogens with one attached hydrogen (secondary N) is 2. The van der Waals surface area contributed by atoms with Gasteiger partial charge in [0, 0.05) is 18.4 Å². The standard InChI is InChI=1S/C25H25FN4O3/c1-14-4-5-18(12-15(14)2)23-28-25(33)22-16(3)20(13-30(22)29-23)24(32)27-21(10-11-31)17-6-8-19(26)9-7-17/h4-9,12-13,21,31H,10-11H2,1-3H3,(H,27,32)(H,28,29,33)/t21-/m1/s1. The molecule has 0 spiro atoms. The number of benzene rings is 2. The first-order valence-corrected chi connectivity index (χ1v) is 10.7. The molecule has 2 aromatic carbocycles. The monoisotopic (exact) mass is 448 g/mol. The lowest BCUT2D eigenvalue weighted by atomic mass is 10.0. The summed E-state index contributed by atoms with van der Waals surface area (Å²) in [6.07, 6.45) is 1.79. The van der Waals surface area contributed by atoms with Gasteiger partial charge in [0.25, 0.3) is 11.5 Å². The number of hydrogen-bond acceptors (Lipinski definition) is 4. The Balaban J connectivity index is 1.70. The maximum absolute atomic E-state index is 13.3. The quantitative estimate of drug-likeness (QED) is 0.420. The van der Waals surface area contributed by atoms with Crippen LogP contribution in [0.2, 0.25) is 0 Å². The molecule has 2 aromatic heterocycles. The maximum Gasteiger partial charge on any atom is 0.275 e. The van der Waals surface area contributed by atoms with Gasteiger partial charge in [-0.15, -0.1) is 5.10 Å². The van der Waals surface area contributed by atoms with E-state index in [1.807, 2.05) is 32.0 Å². The molecule has 0 fully saturated rings. The van der Waals surface area contributed by atoms with Crippen molar-refractivity contribution in [3.8, 4) is 11.4 Å². The van der Waals surface area contributed by atoms with Crippen molar-refractivity contribution in [3.05, 3.63) is 92.6 Å². The summed E-state index contributed by atoms with van der Waals surface area (Å²) in [4.78, 5) is 28.7. The van der Waals surface area contributed by atoms with Gasteiger partial charge in [0.05, 0.1) is 11.6 Å². The summed E-state index contributed by atoms with van der Waals surface area (Å²) in [6, 6.07) is 11.0. The van der Waals surface area contributed by atoms with Crippen LogP contribution in [0.25, 0.3) is 16.9 Å². The second-order valence-corrected chi connectivity index (χ2v) is 8.15.